The number of carbonyl (C=O) groups is 1. The fraction of sp³-hybridized carbons (Fsp3) is 0.421. The topological polar surface area (TPSA) is 76.6 Å². The third-order valence-electron chi connectivity index (χ3n) is 4.81. The molecule has 1 aromatic heterocycles. The Morgan fingerprint density at radius 2 is 1.81 bits per heavy atom. The number of anilines is 2. The van der Waals surface area contributed by atoms with Crippen molar-refractivity contribution in [2.45, 2.75) is 25.6 Å². The Kier molecular flexibility index (Phi) is 4.57. The van der Waals surface area contributed by atoms with Gasteiger partial charge in [0.1, 0.15) is 5.69 Å². The lowest BCUT2D eigenvalue weighted by atomic mass is 10.0. The number of nitrogens with one attached hydrogen (secondary N) is 1. The van der Waals surface area contributed by atoms with Crippen LogP contribution in [0, 0.1) is 6.92 Å². The van der Waals surface area contributed by atoms with Crippen LogP contribution >= 0.6 is 0 Å². The molecule has 136 valence electrons. The SMILES string of the molecule is Cc1ccc(NC(=O)c2ccnc(N3CCC4(CC3)OCCO4)n2)cc1. The van der Waals surface area contributed by atoms with Gasteiger partial charge in [0, 0.05) is 37.8 Å². The average molecular weight is 354 g/mol. The highest BCUT2D eigenvalue weighted by Gasteiger charge is 2.40. The maximum Gasteiger partial charge on any atom is 0.274 e. The Labute approximate surface area is 152 Å². The summed E-state index contributed by atoms with van der Waals surface area (Å²) in [6, 6.07) is 9.29. The lowest BCUT2D eigenvalue weighted by molar-refractivity contribution is -0.169. The Hall–Kier alpha value is -2.51. The minimum atomic E-state index is -0.434. The van der Waals surface area contributed by atoms with E-state index in [-0.39, 0.29) is 5.91 Å². The molecule has 7 heteroatoms. The Balaban J connectivity index is 1.43. The number of amides is 1. The Bertz CT molecular complexity index is 778. The van der Waals surface area contributed by atoms with E-state index in [0.29, 0.717) is 24.9 Å². The first kappa shape index (κ1) is 16.9. The van der Waals surface area contributed by atoms with Crippen molar-refractivity contribution >= 4 is 17.5 Å². The number of piperidine rings is 1. The molecule has 0 unspecified atom stereocenters. The largest absolute Gasteiger partial charge is 0.347 e. The van der Waals surface area contributed by atoms with Crippen LogP contribution in [0.5, 0.6) is 0 Å². The number of carbonyl (C=O) groups excluding carboxylic acids is 1. The van der Waals surface area contributed by atoms with E-state index in [2.05, 4.69) is 20.2 Å². The zero-order chi connectivity index (χ0) is 18.0. The molecular weight excluding hydrogens is 332 g/mol. The van der Waals surface area contributed by atoms with Crippen LogP contribution in [0.25, 0.3) is 0 Å². The number of hydrogen-bond acceptors (Lipinski definition) is 6. The van der Waals surface area contributed by atoms with E-state index < -0.39 is 5.79 Å². The van der Waals surface area contributed by atoms with Crippen LogP contribution in [0.4, 0.5) is 11.6 Å². The number of rotatable bonds is 3. The molecule has 0 bridgehead atoms. The van der Waals surface area contributed by atoms with Gasteiger partial charge in [-0.1, -0.05) is 17.7 Å². The van der Waals surface area contributed by atoms with E-state index in [1.807, 2.05) is 31.2 Å². The molecule has 26 heavy (non-hydrogen) atoms. The third-order valence-corrected chi connectivity index (χ3v) is 4.81. The number of benzene rings is 1. The highest BCUT2D eigenvalue weighted by molar-refractivity contribution is 6.02. The van der Waals surface area contributed by atoms with E-state index >= 15 is 0 Å². The monoisotopic (exact) mass is 354 g/mol. The summed E-state index contributed by atoms with van der Waals surface area (Å²) >= 11 is 0. The molecule has 2 saturated heterocycles. The molecule has 0 aliphatic carbocycles. The van der Waals surface area contributed by atoms with Crippen molar-refractivity contribution in [1.82, 2.24) is 9.97 Å². The van der Waals surface area contributed by atoms with Gasteiger partial charge in [0.15, 0.2) is 5.79 Å². The first-order valence-electron chi connectivity index (χ1n) is 8.88. The van der Waals surface area contributed by atoms with Crippen molar-refractivity contribution in [3.8, 4) is 0 Å². The van der Waals surface area contributed by atoms with Gasteiger partial charge in [-0.25, -0.2) is 9.97 Å². The predicted molar refractivity (Wildman–Crippen MR) is 97.2 cm³/mol. The molecule has 1 N–H and O–H groups in total. The first-order valence-corrected chi connectivity index (χ1v) is 8.88. The van der Waals surface area contributed by atoms with Crippen LogP contribution in [-0.4, -0.2) is 48.0 Å². The number of nitrogens with zero attached hydrogens (tertiary/aromatic N) is 3. The number of aryl methyl sites for hydroxylation is 1. The second-order valence-electron chi connectivity index (χ2n) is 6.66. The van der Waals surface area contributed by atoms with Crippen LogP contribution < -0.4 is 10.2 Å². The minimum Gasteiger partial charge on any atom is -0.347 e. The van der Waals surface area contributed by atoms with Crippen molar-refractivity contribution < 1.29 is 14.3 Å². The molecule has 2 aromatic rings. The molecular formula is C19H22N4O3. The summed E-state index contributed by atoms with van der Waals surface area (Å²) in [5.41, 5.74) is 2.24. The lowest BCUT2D eigenvalue weighted by Crippen LogP contribution is -2.45. The van der Waals surface area contributed by atoms with E-state index in [9.17, 15) is 4.79 Å². The van der Waals surface area contributed by atoms with Crippen molar-refractivity contribution in [2.75, 3.05) is 36.5 Å². The molecule has 1 amide bonds. The van der Waals surface area contributed by atoms with Crippen molar-refractivity contribution in [2.24, 2.45) is 0 Å². The summed E-state index contributed by atoms with van der Waals surface area (Å²) in [5, 5.41) is 2.87. The first-order chi connectivity index (χ1) is 12.6. The molecule has 3 heterocycles. The third kappa shape index (κ3) is 3.54. The zero-order valence-corrected chi connectivity index (χ0v) is 14.8. The molecule has 2 aliphatic heterocycles. The molecule has 7 nitrogen and oxygen atoms in total. The summed E-state index contributed by atoms with van der Waals surface area (Å²) in [6.07, 6.45) is 3.17. The summed E-state index contributed by atoms with van der Waals surface area (Å²) in [5.74, 6) is -0.112. The van der Waals surface area contributed by atoms with Crippen LogP contribution in [0.2, 0.25) is 0 Å². The smallest absolute Gasteiger partial charge is 0.274 e. The Morgan fingerprint density at radius 1 is 1.12 bits per heavy atom. The second-order valence-corrected chi connectivity index (χ2v) is 6.66. The van der Waals surface area contributed by atoms with Crippen LogP contribution in [0.15, 0.2) is 36.5 Å². The summed E-state index contributed by atoms with van der Waals surface area (Å²) in [4.78, 5) is 23.3. The van der Waals surface area contributed by atoms with Gasteiger partial charge >= 0.3 is 0 Å². The van der Waals surface area contributed by atoms with E-state index in [4.69, 9.17) is 9.47 Å². The van der Waals surface area contributed by atoms with Gasteiger partial charge in [0.2, 0.25) is 5.95 Å². The van der Waals surface area contributed by atoms with Gasteiger partial charge in [-0.3, -0.25) is 4.79 Å². The fourth-order valence-electron chi connectivity index (χ4n) is 3.29. The second kappa shape index (κ2) is 7.01. The maximum atomic E-state index is 12.5. The summed E-state index contributed by atoms with van der Waals surface area (Å²) in [6.45, 7) is 4.80. The summed E-state index contributed by atoms with van der Waals surface area (Å²) in [7, 11) is 0. The van der Waals surface area contributed by atoms with Gasteiger partial charge < -0.3 is 19.7 Å². The molecule has 0 atom stereocenters. The zero-order valence-electron chi connectivity index (χ0n) is 14.8. The van der Waals surface area contributed by atoms with Crippen LogP contribution in [-0.2, 0) is 9.47 Å². The lowest BCUT2D eigenvalue weighted by Gasteiger charge is -2.37. The maximum absolute atomic E-state index is 12.5. The summed E-state index contributed by atoms with van der Waals surface area (Å²) < 4.78 is 11.5. The van der Waals surface area contributed by atoms with E-state index in [0.717, 1.165) is 37.2 Å². The molecule has 4 rings (SSSR count). The molecule has 0 radical (unpaired) electrons. The van der Waals surface area contributed by atoms with Gasteiger partial charge in [-0.2, -0.15) is 0 Å². The molecule has 2 aliphatic rings. The molecule has 0 saturated carbocycles. The normalized spacial score (nSPS) is 18.9. The molecule has 2 fully saturated rings. The van der Waals surface area contributed by atoms with Crippen LogP contribution in [0.3, 0.4) is 0 Å². The average Bonchev–Trinajstić information content (AvgIpc) is 3.12. The quantitative estimate of drug-likeness (QED) is 0.912. The highest BCUT2D eigenvalue weighted by Crippen LogP contribution is 2.32. The van der Waals surface area contributed by atoms with Crippen LogP contribution in [0.1, 0.15) is 28.9 Å². The van der Waals surface area contributed by atoms with Gasteiger partial charge in [-0.05, 0) is 25.1 Å². The van der Waals surface area contributed by atoms with Crippen molar-refractivity contribution in [3.05, 3.63) is 47.8 Å². The highest BCUT2D eigenvalue weighted by atomic mass is 16.7. The number of hydrogen-bond donors (Lipinski definition) is 1. The van der Waals surface area contributed by atoms with Gasteiger partial charge in [0.25, 0.3) is 5.91 Å². The van der Waals surface area contributed by atoms with E-state index in [1.165, 1.54) is 0 Å². The van der Waals surface area contributed by atoms with E-state index in [1.54, 1.807) is 12.3 Å². The van der Waals surface area contributed by atoms with Gasteiger partial charge in [0.05, 0.1) is 13.2 Å². The Morgan fingerprint density at radius 3 is 2.50 bits per heavy atom. The van der Waals surface area contributed by atoms with Crippen molar-refractivity contribution in [1.29, 1.82) is 0 Å². The van der Waals surface area contributed by atoms with Crippen molar-refractivity contribution in [3.63, 3.8) is 0 Å². The van der Waals surface area contributed by atoms with Gasteiger partial charge in [-0.15, -0.1) is 0 Å². The number of ether oxygens (including phenoxy) is 2. The minimum absolute atomic E-state index is 0.242. The number of aromatic nitrogens is 2. The molecule has 1 aromatic carbocycles. The fourth-order valence-corrected chi connectivity index (χ4v) is 3.29. The molecule has 1 spiro atoms. The standard InChI is InChI=1S/C19H22N4O3/c1-14-2-4-15(5-3-14)21-17(24)16-6-9-20-18(22-16)23-10-7-19(8-11-23)25-12-13-26-19/h2-6,9H,7-8,10-13H2,1H3,(H,21,24). The predicted octanol–water partition coefficient (Wildman–Crippen LogP) is 2.38.